The molecule has 1 aliphatic heterocycles. The van der Waals surface area contributed by atoms with E-state index in [1.807, 2.05) is 66.7 Å². The lowest BCUT2D eigenvalue weighted by atomic mass is 9.86. The number of fused-ring (bicyclic) bond motifs is 1. The molecular formula is C23H22FN5. The highest BCUT2D eigenvalue weighted by Crippen LogP contribution is 2.34. The number of hydrogen-bond donors (Lipinski definition) is 1. The minimum absolute atomic E-state index is 0.192. The van der Waals surface area contributed by atoms with E-state index in [9.17, 15) is 0 Å². The number of tetrazole rings is 1. The Morgan fingerprint density at radius 3 is 2.66 bits per heavy atom. The van der Waals surface area contributed by atoms with Gasteiger partial charge in [-0.2, -0.15) is 4.80 Å². The third kappa shape index (κ3) is 3.40. The van der Waals surface area contributed by atoms with E-state index in [1.165, 1.54) is 0 Å². The molecule has 1 aliphatic rings. The van der Waals surface area contributed by atoms with Crippen molar-refractivity contribution in [2.45, 2.75) is 18.9 Å². The summed E-state index contributed by atoms with van der Waals surface area (Å²) >= 11 is 0. The molecule has 146 valence electrons. The van der Waals surface area contributed by atoms with Gasteiger partial charge in [0.25, 0.3) is 0 Å². The van der Waals surface area contributed by atoms with Crippen molar-refractivity contribution in [3.05, 3.63) is 78.1 Å². The number of rotatable bonds is 4. The summed E-state index contributed by atoms with van der Waals surface area (Å²) in [5, 5.41) is 18.2. The first-order valence-corrected chi connectivity index (χ1v) is 10.0. The molecule has 0 radical (unpaired) electrons. The van der Waals surface area contributed by atoms with Crippen molar-refractivity contribution in [1.29, 1.82) is 0 Å². The average molecular weight is 387 g/mol. The van der Waals surface area contributed by atoms with Crippen molar-refractivity contribution in [2.24, 2.45) is 5.92 Å². The van der Waals surface area contributed by atoms with E-state index in [0.717, 1.165) is 36.9 Å². The van der Waals surface area contributed by atoms with E-state index >= 15 is 4.39 Å². The fourth-order valence-electron chi connectivity index (χ4n) is 4.24. The molecule has 5 rings (SSSR count). The Labute approximate surface area is 168 Å². The van der Waals surface area contributed by atoms with Crippen LogP contribution in [-0.2, 0) is 0 Å². The molecular weight excluding hydrogens is 365 g/mol. The largest absolute Gasteiger partial charge is 0.316 e. The van der Waals surface area contributed by atoms with Gasteiger partial charge in [0, 0.05) is 23.1 Å². The van der Waals surface area contributed by atoms with Crippen LogP contribution in [0.3, 0.4) is 0 Å². The van der Waals surface area contributed by atoms with Crippen LogP contribution in [0.4, 0.5) is 4.39 Å². The first-order valence-electron chi connectivity index (χ1n) is 10.0. The van der Waals surface area contributed by atoms with Crippen LogP contribution >= 0.6 is 0 Å². The van der Waals surface area contributed by atoms with Crippen molar-refractivity contribution in [2.75, 3.05) is 13.1 Å². The third-order valence-electron chi connectivity index (χ3n) is 5.70. The standard InChI is InChI=1S/C23H22FN5/c24-21-19-11-5-4-7-16(19)12-13-20(21)22(18-10-6-14-25-15-18)29-27-23(26-28-29)17-8-2-1-3-9-17/h1-5,7-9,11-13,18,22,25H,6,10,14-15H2/t18-,22+/m0/s1. The molecule has 4 aromatic rings. The monoisotopic (exact) mass is 387 g/mol. The zero-order valence-corrected chi connectivity index (χ0v) is 16.0. The fourth-order valence-corrected chi connectivity index (χ4v) is 4.24. The van der Waals surface area contributed by atoms with Gasteiger partial charge in [-0.25, -0.2) is 4.39 Å². The molecule has 0 spiro atoms. The second-order valence-corrected chi connectivity index (χ2v) is 7.54. The van der Waals surface area contributed by atoms with E-state index < -0.39 is 0 Å². The number of benzene rings is 3. The van der Waals surface area contributed by atoms with Crippen LogP contribution in [0.2, 0.25) is 0 Å². The molecule has 0 bridgehead atoms. The van der Waals surface area contributed by atoms with Crippen molar-refractivity contribution in [3.8, 4) is 11.4 Å². The molecule has 0 aliphatic carbocycles. The minimum atomic E-state index is -0.308. The van der Waals surface area contributed by atoms with Gasteiger partial charge in [0.1, 0.15) is 11.9 Å². The van der Waals surface area contributed by atoms with Crippen molar-refractivity contribution in [3.63, 3.8) is 0 Å². The van der Waals surface area contributed by atoms with E-state index in [4.69, 9.17) is 0 Å². The average Bonchev–Trinajstić information content (AvgIpc) is 3.27. The van der Waals surface area contributed by atoms with Gasteiger partial charge in [0.2, 0.25) is 5.82 Å². The van der Waals surface area contributed by atoms with Gasteiger partial charge in [-0.1, -0.05) is 66.7 Å². The molecule has 0 unspecified atom stereocenters. The predicted octanol–water partition coefficient (Wildman–Crippen LogP) is 4.22. The fraction of sp³-hybridized carbons (Fsp3) is 0.261. The normalized spacial score (nSPS) is 18.0. The highest BCUT2D eigenvalue weighted by atomic mass is 19.1. The Bertz CT molecular complexity index is 1120. The van der Waals surface area contributed by atoms with Crippen LogP contribution < -0.4 is 5.32 Å². The quantitative estimate of drug-likeness (QED) is 0.570. The number of halogens is 1. The molecule has 0 amide bonds. The Balaban J connectivity index is 1.61. The summed E-state index contributed by atoms with van der Waals surface area (Å²) in [6.07, 6.45) is 2.04. The zero-order chi connectivity index (χ0) is 19.6. The van der Waals surface area contributed by atoms with Gasteiger partial charge in [0.05, 0.1) is 0 Å². The van der Waals surface area contributed by atoms with Gasteiger partial charge in [-0.3, -0.25) is 0 Å². The first kappa shape index (κ1) is 17.9. The van der Waals surface area contributed by atoms with Crippen LogP contribution in [0.15, 0.2) is 66.7 Å². The number of nitrogens with one attached hydrogen (secondary N) is 1. The van der Waals surface area contributed by atoms with Gasteiger partial charge in [0.15, 0.2) is 0 Å². The Morgan fingerprint density at radius 1 is 1.00 bits per heavy atom. The van der Waals surface area contributed by atoms with Gasteiger partial charge in [-0.15, -0.1) is 10.2 Å². The van der Waals surface area contributed by atoms with Crippen LogP contribution in [-0.4, -0.2) is 33.3 Å². The summed E-state index contributed by atoms with van der Waals surface area (Å²) < 4.78 is 15.6. The predicted molar refractivity (Wildman–Crippen MR) is 111 cm³/mol. The molecule has 1 fully saturated rings. The number of hydrogen-bond acceptors (Lipinski definition) is 4. The molecule has 3 aromatic carbocycles. The summed E-state index contributed by atoms with van der Waals surface area (Å²) in [4.78, 5) is 1.60. The van der Waals surface area contributed by atoms with E-state index in [1.54, 1.807) is 4.80 Å². The van der Waals surface area contributed by atoms with Crippen LogP contribution in [0.1, 0.15) is 24.4 Å². The summed E-state index contributed by atoms with van der Waals surface area (Å²) in [6.45, 7) is 1.79. The van der Waals surface area contributed by atoms with Gasteiger partial charge >= 0.3 is 0 Å². The van der Waals surface area contributed by atoms with Crippen molar-refractivity contribution in [1.82, 2.24) is 25.5 Å². The van der Waals surface area contributed by atoms with Crippen LogP contribution in [0, 0.1) is 11.7 Å². The van der Waals surface area contributed by atoms with Gasteiger partial charge in [-0.05, 0) is 35.9 Å². The van der Waals surface area contributed by atoms with Crippen molar-refractivity contribution >= 4 is 10.8 Å². The number of aromatic nitrogens is 4. The van der Waals surface area contributed by atoms with E-state index in [-0.39, 0.29) is 17.8 Å². The second kappa shape index (κ2) is 7.72. The Hall–Kier alpha value is -3.12. The Kier molecular flexibility index (Phi) is 4.77. The molecule has 1 saturated heterocycles. The van der Waals surface area contributed by atoms with E-state index in [2.05, 4.69) is 20.7 Å². The molecule has 0 saturated carbocycles. The molecule has 5 nitrogen and oxygen atoms in total. The maximum Gasteiger partial charge on any atom is 0.204 e. The lowest BCUT2D eigenvalue weighted by Gasteiger charge is -2.30. The molecule has 2 heterocycles. The maximum atomic E-state index is 15.6. The first-order chi connectivity index (χ1) is 14.3. The van der Waals surface area contributed by atoms with Gasteiger partial charge < -0.3 is 5.32 Å². The highest BCUT2D eigenvalue weighted by Gasteiger charge is 2.31. The maximum absolute atomic E-state index is 15.6. The summed E-state index contributed by atoms with van der Waals surface area (Å²) in [5.41, 5.74) is 1.52. The SMILES string of the molecule is Fc1c([C@@H]([C@H]2CCCNC2)n2nnc(-c3ccccc3)n2)ccc2ccccc12. The zero-order valence-electron chi connectivity index (χ0n) is 16.0. The summed E-state index contributed by atoms with van der Waals surface area (Å²) in [5.74, 6) is 0.551. The Morgan fingerprint density at radius 2 is 1.83 bits per heavy atom. The highest BCUT2D eigenvalue weighted by molar-refractivity contribution is 5.83. The molecule has 2 atom stereocenters. The topological polar surface area (TPSA) is 55.6 Å². The summed E-state index contributed by atoms with van der Waals surface area (Å²) in [7, 11) is 0. The van der Waals surface area contributed by atoms with E-state index in [0.29, 0.717) is 16.8 Å². The lowest BCUT2D eigenvalue weighted by Crippen LogP contribution is -2.36. The number of piperidine rings is 1. The smallest absolute Gasteiger partial charge is 0.204 e. The molecule has 6 heteroatoms. The third-order valence-corrected chi connectivity index (χ3v) is 5.70. The van der Waals surface area contributed by atoms with Crippen LogP contribution in [0.5, 0.6) is 0 Å². The second-order valence-electron chi connectivity index (χ2n) is 7.54. The summed E-state index contributed by atoms with van der Waals surface area (Å²) in [6, 6.07) is 20.9. The molecule has 1 N–H and O–H groups in total. The van der Waals surface area contributed by atoms with Crippen molar-refractivity contribution < 1.29 is 4.39 Å². The molecule has 29 heavy (non-hydrogen) atoms. The lowest BCUT2D eigenvalue weighted by molar-refractivity contribution is 0.257. The number of nitrogens with zero attached hydrogens (tertiary/aromatic N) is 4. The molecule has 1 aromatic heterocycles. The minimum Gasteiger partial charge on any atom is -0.316 e. The van der Waals surface area contributed by atoms with Crippen LogP contribution in [0.25, 0.3) is 22.2 Å².